The SMILES string of the molecule is Cc1nn(C)c(C)c1CNCCN1CCCC1. The van der Waals surface area contributed by atoms with Crippen LogP contribution in [0.5, 0.6) is 0 Å². The summed E-state index contributed by atoms with van der Waals surface area (Å²) in [4.78, 5) is 2.54. The monoisotopic (exact) mass is 236 g/mol. The van der Waals surface area contributed by atoms with Crippen molar-refractivity contribution in [3.8, 4) is 0 Å². The minimum atomic E-state index is 0.944. The van der Waals surface area contributed by atoms with Crippen molar-refractivity contribution >= 4 is 0 Å². The molecule has 0 unspecified atom stereocenters. The van der Waals surface area contributed by atoms with Crippen LogP contribution in [0.25, 0.3) is 0 Å². The molecule has 4 heteroatoms. The molecular weight excluding hydrogens is 212 g/mol. The predicted octanol–water partition coefficient (Wildman–Crippen LogP) is 1.22. The molecule has 1 N–H and O–H groups in total. The Labute approximate surface area is 104 Å². The molecule has 0 bridgehead atoms. The largest absolute Gasteiger partial charge is 0.311 e. The zero-order chi connectivity index (χ0) is 12.3. The van der Waals surface area contributed by atoms with Gasteiger partial charge in [-0.1, -0.05) is 0 Å². The third-order valence-electron chi connectivity index (χ3n) is 3.76. The van der Waals surface area contributed by atoms with Crippen molar-refractivity contribution < 1.29 is 0 Å². The summed E-state index contributed by atoms with van der Waals surface area (Å²) in [7, 11) is 2.01. The van der Waals surface area contributed by atoms with Gasteiger partial charge in [0.05, 0.1) is 5.69 Å². The zero-order valence-electron chi connectivity index (χ0n) is 11.3. The van der Waals surface area contributed by atoms with Gasteiger partial charge in [0.2, 0.25) is 0 Å². The fourth-order valence-electron chi connectivity index (χ4n) is 2.53. The van der Waals surface area contributed by atoms with Gasteiger partial charge in [-0.05, 0) is 39.8 Å². The zero-order valence-corrected chi connectivity index (χ0v) is 11.3. The third kappa shape index (κ3) is 3.07. The first-order valence-corrected chi connectivity index (χ1v) is 6.60. The lowest BCUT2D eigenvalue weighted by atomic mass is 10.2. The van der Waals surface area contributed by atoms with Crippen LogP contribution in [0, 0.1) is 13.8 Å². The lowest BCUT2D eigenvalue weighted by molar-refractivity contribution is 0.335. The van der Waals surface area contributed by atoms with Gasteiger partial charge in [0.15, 0.2) is 0 Å². The number of nitrogens with one attached hydrogen (secondary N) is 1. The van der Waals surface area contributed by atoms with Gasteiger partial charge in [0.1, 0.15) is 0 Å². The van der Waals surface area contributed by atoms with E-state index in [2.05, 4.69) is 29.2 Å². The molecular formula is C13H24N4. The second-order valence-electron chi connectivity index (χ2n) is 5.00. The molecule has 0 spiro atoms. The summed E-state index contributed by atoms with van der Waals surface area (Å²) in [6.07, 6.45) is 2.75. The maximum Gasteiger partial charge on any atom is 0.0641 e. The molecule has 1 aliphatic heterocycles. The van der Waals surface area contributed by atoms with E-state index in [9.17, 15) is 0 Å². The molecule has 0 radical (unpaired) electrons. The second-order valence-corrected chi connectivity index (χ2v) is 5.00. The number of hydrogen-bond acceptors (Lipinski definition) is 3. The van der Waals surface area contributed by atoms with E-state index < -0.39 is 0 Å². The summed E-state index contributed by atoms with van der Waals surface area (Å²) in [5.74, 6) is 0. The lowest BCUT2D eigenvalue weighted by Crippen LogP contribution is -2.29. The molecule has 1 aliphatic rings. The number of hydrogen-bond donors (Lipinski definition) is 1. The van der Waals surface area contributed by atoms with Gasteiger partial charge < -0.3 is 10.2 Å². The quantitative estimate of drug-likeness (QED) is 0.780. The molecule has 0 saturated carbocycles. The fraction of sp³-hybridized carbons (Fsp3) is 0.769. The smallest absolute Gasteiger partial charge is 0.0641 e. The summed E-state index contributed by atoms with van der Waals surface area (Å²) in [6, 6.07) is 0. The Hall–Kier alpha value is -0.870. The Morgan fingerprint density at radius 2 is 1.94 bits per heavy atom. The van der Waals surface area contributed by atoms with Crippen LogP contribution in [0.1, 0.15) is 29.8 Å². The molecule has 17 heavy (non-hydrogen) atoms. The highest BCUT2D eigenvalue weighted by Gasteiger charge is 2.11. The minimum Gasteiger partial charge on any atom is -0.311 e. The van der Waals surface area contributed by atoms with Crippen molar-refractivity contribution in [3.63, 3.8) is 0 Å². The first kappa shape index (κ1) is 12.6. The molecule has 4 nitrogen and oxygen atoms in total. The molecule has 0 atom stereocenters. The topological polar surface area (TPSA) is 33.1 Å². The highest BCUT2D eigenvalue weighted by Crippen LogP contribution is 2.11. The van der Waals surface area contributed by atoms with Crippen LogP contribution in [-0.4, -0.2) is 40.9 Å². The molecule has 0 amide bonds. The van der Waals surface area contributed by atoms with Crippen LogP contribution in [0.4, 0.5) is 0 Å². The van der Waals surface area contributed by atoms with Crippen molar-refractivity contribution in [3.05, 3.63) is 17.0 Å². The number of rotatable bonds is 5. The van der Waals surface area contributed by atoms with Crippen LogP contribution in [0.15, 0.2) is 0 Å². The van der Waals surface area contributed by atoms with Crippen LogP contribution in [0.3, 0.4) is 0 Å². The number of likely N-dealkylation sites (tertiary alicyclic amines) is 1. The fourth-order valence-corrected chi connectivity index (χ4v) is 2.53. The summed E-state index contributed by atoms with van der Waals surface area (Å²) in [5, 5.41) is 7.96. The molecule has 2 rings (SSSR count). The lowest BCUT2D eigenvalue weighted by Gasteiger charge is -2.14. The van der Waals surface area contributed by atoms with E-state index in [0.717, 1.165) is 18.8 Å². The van der Waals surface area contributed by atoms with E-state index in [1.165, 1.54) is 43.7 Å². The van der Waals surface area contributed by atoms with Crippen LogP contribution >= 0.6 is 0 Å². The van der Waals surface area contributed by atoms with Gasteiger partial charge in [0.25, 0.3) is 0 Å². The summed E-state index contributed by atoms with van der Waals surface area (Å²) < 4.78 is 1.97. The second kappa shape index (κ2) is 5.65. The van der Waals surface area contributed by atoms with Crippen molar-refractivity contribution in [2.45, 2.75) is 33.2 Å². The number of aromatic nitrogens is 2. The summed E-state index contributed by atoms with van der Waals surface area (Å²) in [6.45, 7) is 9.99. The maximum atomic E-state index is 4.43. The van der Waals surface area contributed by atoms with E-state index in [1.54, 1.807) is 0 Å². The molecule has 0 aliphatic carbocycles. The molecule has 1 fully saturated rings. The highest BCUT2D eigenvalue weighted by atomic mass is 15.3. The molecule has 96 valence electrons. The highest BCUT2D eigenvalue weighted by molar-refractivity contribution is 5.23. The summed E-state index contributed by atoms with van der Waals surface area (Å²) >= 11 is 0. The van der Waals surface area contributed by atoms with E-state index in [0.29, 0.717) is 0 Å². The Morgan fingerprint density at radius 1 is 1.24 bits per heavy atom. The van der Waals surface area contributed by atoms with Crippen molar-refractivity contribution in [2.24, 2.45) is 7.05 Å². The molecule has 0 aromatic carbocycles. The third-order valence-corrected chi connectivity index (χ3v) is 3.76. The van der Waals surface area contributed by atoms with E-state index >= 15 is 0 Å². The average molecular weight is 236 g/mol. The molecule has 1 aromatic rings. The van der Waals surface area contributed by atoms with Gasteiger partial charge in [-0.25, -0.2) is 0 Å². The van der Waals surface area contributed by atoms with Gasteiger partial charge in [-0.3, -0.25) is 4.68 Å². The first-order chi connectivity index (χ1) is 8.18. The van der Waals surface area contributed by atoms with E-state index in [4.69, 9.17) is 0 Å². The summed E-state index contributed by atoms with van der Waals surface area (Å²) in [5.41, 5.74) is 3.78. The van der Waals surface area contributed by atoms with Gasteiger partial charge in [-0.2, -0.15) is 5.10 Å². The molecule has 2 heterocycles. The Kier molecular flexibility index (Phi) is 4.18. The normalized spacial score (nSPS) is 16.9. The Balaban J connectivity index is 1.74. The van der Waals surface area contributed by atoms with Gasteiger partial charge in [-0.15, -0.1) is 0 Å². The van der Waals surface area contributed by atoms with E-state index in [-0.39, 0.29) is 0 Å². The standard InChI is InChI=1S/C13H24N4/c1-11-13(12(2)16(3)15-11)10-14-6-9-17-7-4-5-8-17/h14H,4-10H2,1-3H3. The van der Waals surface area contributed by atoms with Crippen molar-refractivity contribution in [2.75, 3.05) is 26.2 Å². The van der Waals surface area contributed by atoms with Crippen LogP contribution < -0.4 is 5.32 Å². The van der Waals surface area contributed by atoms with Crippen molar-refractivity contribution in [1.29, 1.82) is 0 Å². The van der Waals surface area contributed by atoms with Gasteiger partial charge in [0, 0.05) is 37.9 Å². The molecule has 1 saturated heterocycles. The predicted molar refractivity (Wildman–Crippen MR) is 70.1 cm³/mol. The molecule has 1 aromatic heterocycles. The average Bonchev–Trinajstić information content (AvgIpc) is 2.87. The van der Waals surface area contributed by atoms with Crippen molar-refractivity contribution in [1.82, 2.24) is 20.0 Å². The van der Waals surface area contributed by atoms with Crippen LogP contribution in [0.2, 0.25) is 0 Å². The minimum absolute atomic E-state index is 0.944. The Morgan fingerprint density at radius 3 is 2.53 bits per heavy atom. The maximum absolute atomic E-state index is 4.43. The number of aryl methyl sites for hydroxylation is 2. The van der Waals surface area contributed by atoms with Gasteiger partial charge >= 0.3 is 0 Å². The Bertz CT molecular complexity index is 364. The van der Waals surface area contributed by atoms with Crippen LogP contribution in [-0.2, 0) is 13.6 Å². The van der Waals surface area contributed by atoms with E-state index in [1.807, 2.05) is 11.7 Å². The number of nitrogens with zero attached hydrogens (tertiary/aromatic N) is 3. The first-order valence-electron chi connectivity index (χ1n) is 6.60.